The summed E-state index contributed by atoms with van der Waals surface area (Å²) in [5.74, 6) is 7.37. The van der Waals surface area contributed by atoms with Gasteiger partial charge in [-0.15, -0.1) is 0 Å². The van der Waals surface area contributed by atoms with Gasteiger partial charge in [0, 0.05) is 66.3 Å². The van der Waals surface area contributed by atoms with E-state index in [0.29, 0.717) is 22.3 Å². The van der Waals surface area contributed by atoms with Crippen molar-refractivity contribution in [2.75, 3.05) is 44.3 Å². The smallest absolute Gasteiger partial charge is 0.213 e. The molecule has 0 radical (unpaired) electrons. The Kier molecular flexibility index (Phi) is 9.51. The molecule has 5 nitrogen and oxygen atoms in total. The van der Waals surface area contributed by atoms with Crippen LogP contribution in [0.15, 0.2) is 47.7 Å². The van der Waals surface area contributed by atoms with Gasteiger partial charge in [-0.05, 0) is 146 Å². The molecule has 6 heteroatoms. The molecule has 9 atom stereocenters. The Hall–Kier alpha value is -1.50. The Labute approximate surface area is 300 Å². The van der Waals surface area contributed by atoms with Crippen LogP contribution < -0.4 is 10.1 Å². The Morgan fingerprint density at radius 1 is 0.918 bits per heavy atom. The molecule has 4 saturated carbocycles. The van der Waals surface area contributed by atoms with E-state index in [1.54, 1.807) is 11.1 Å². The highest BCUT2D eigenvalue weighted by Gasteiger charge is 2.65. The van der Waals surface area contributed by atoms with Gasteiger partial charge in [0.15, 0.2) is 0 Å². The molecule has 6 aliphatic carbocycles. The van der Waals surface area contributed by atoms with E-state index in [1.807, 2.05) is 24.4 Å². The first-order chi connectivity index (χ1) is 23.6. The molecular weight excluding hydrogens is 623 g/mol. The molecule has 7 aliphatic rings. The van der Waals surface area contributed by atoms with Crippen molar-refractivity contribution in [1.29, 1.82) is 0 Å². The van der Waals surface area contributed by atoms with Crippen LogP contribution in [0.3, 0.4) is 0 Å². The summed E-state index contributed by atoms with van der Waals surface area (Å²) in [6, 6.07) is 5.92. The lowest BCUT2D eigenvalue weighted by Gasteiger charge is -2.68. The fraction of sp³-hybridized carbons (Fsp3) is 0.791. The lowest BCUT2D eigenvalue weighted by atomic mass is 9.37. The van der Waals surface area contributed by atoms with E-state index in [9.17, 15) is 4.21 Å². The van der Waals surface area contributed by atoms with Crippen LogP contribution in [0.25, 0.3) is 0 Å². The second-order valence-corrected chi connectivity index (χ2v) is 20.4. The number of rotatable bonds is 8. The SMILES string of the molecule is CC1(C)C(C2=CCC(COc3ccccn3)CC2)=CCC2(C)C1CCC1(C)C3CCC4(NCCN5CCS(=O)CC5)CCC[C@@H]4C3CCC12. The van der Waals surface area contributed by atoms with Crippen LogP contribution in [-0.4, -0.2) is 63.9 Å². The molecule has 1 aliphatic heterocycles. The molecule has 270 valence electrons. The van der Waals surface area contributed by atoms with Gasteiger partial charge in [-0.3, -0.25) is 4.21 Å². The van der Waals surface area contributed by atoms with Crippen LogP contribution in [0.4, 0.5) is 0 Å². The standard InChI is InChI=1S/C43H65N3O2S/c1-40(2)34(32-12-10-31(11-13-32)30-48-39-9-5-6-23-44-39)16-20-42(4)37(40)18-21-41(3)35-17-22-43(45-24-25-46-26-28-49(47)29-27-46)19-7-8-36(43)33(35)14-15-38(41)42/h5-6,9,12,16,23,31,33,35-38,45H,7-8,10-11,13-15,17-22,24-30H2,1-4H3/t31?,33?,35?,36-,37?,38?,41?,42?,43?/m1/s1. The summed E-state index contributed by atoms with van der Waals surface area (Å²) in [5.41, 5.74) is 4.83. The van der Waals surface area contributed by atoms with Crippen molar-refractivity contribution in [3.05, 3.63) is 47.7 Å². The van der Waals surface area contributed by atoms with Gasteiger partial charge in [-0.1, -0.05) is 52.3 Å². The van der Waals surface area contributed by atoms with Crippen molar-refractivity contribution >= 4 is 10.8 Å². The Bertz CT molecular complexity index is 1430. The van der Waals surface area contributed by atoms with E-state index in [2.05, 4.69) is 55.0 Å². The molecule has 1 aromatic rings. The van der Waals surface area contributed by atoms with Gasteiger partial charge in [0.05, 0.1) is 6.61 Å². The maximum Gasteiger partial charge on any atom is 0.213 e. The van der Waals surface area contributed by atoms with Crippen LogP contribution in [0.1, 0.15) is 111 Å². The third-order valence-corrected chi connectivity index (χ3v) is 17.5. The minimum absolute atomic E-state index is 0.231. The molecule has 5 fully saturated rings. The van der Waals surface area contributed by atoms with Gasteiger partial charge >= 0.3 is 0 Å². The Balaban J connectivity index is 0.938. The predicted molar refractivity (Wildman–Crippen MR) is 202 cm³/mol. The highest BCUT2D eigenvalue weighted by molar-refractivity contribution is 7.85. The molecule has 2 heterocycles. The first kappa shape index (κ1) is 34.6. The van der Waals surface area contributed by atoms with Crippen molar-refractivity contribution in [2.24, 2.45) is 51.8 Å². The molecule has 0 amide bonds. The number of hydrogen-bond acceptors (Lipinski definition) is 5. The van der Waals surface area contributed by atoms with Gasteiger partial charge in [0.2, 0.25) is 5.88 Å². The summed E-state index contributed by atoms with van der Waals surface area (Å²) in [7, 11) is -0.583. The number of aromatic nitrogens is 1. The summed E-state index contributed by atoms with van der Waals surface area (Å²) in [4.78, 5) is 6.91. The summed E-state index contributed by atoms with van der Waals surface area (Å²) >= 11 is 0. The molecular formula is C43H65N3O2S. The van der Waals surface area contributed by atoms with E-state index in [4.69, 9.17) is 4.74 Å². The molecule has 8 rings (SSSR count). The number of fused-ring (bicyclic) bond motifs is 7. The molecule has 0 bridgehead atoms. The molecule has 0 spiro atoms. The summed E-state index contributed by atoms with van der Waals surface area (Å²) in [6.45, 7) is 15.8. The number of allylic oxidation sites excluding steroid dienone is 4. The fourth-order valence-electron chi connectivity index (χ4n) is 14.0. The van der Waals surface area contributed by atoms with Crippen molar-refractivity contribution < 1.29 is 8.95 Å². The normalized spacial score (nSPS) is 42.2. The second-order valence-electron chi connectivity index (χ2n) is 18.7. The maximum absolute atomic E-state index is 11.9. The first-order valence-corrected chi connectivity index (χ1v) is 21.9. The van der Waals surface area contributed by atoms with Gasteiger partial charge in [-0.25, -0.2) is 4.98 Å². The lowest BCUT2D eigenvalue weighted by Crippen LogP contribution is -2.64. The van der Waals surface area contributed by atoms with Crippen LogP contribution in [0, 0.1) is 51.8 Å². The summed E-state index contributed by atoms with van der Waals surface area (Å²) in [5, 5.41) is 4.25. The first-order valence-electron chi connectivity index (χ1n) is 20.4. The zero-order valence-electron chi connectivity index (χ0n) is 31.2. The van der Waals surface area contributed by atoms with Crippen LogP contribution in [0.2, 0.25) is 0 Å². The van der Waals surface area contributed by atoms with E-state index < -0.39 is 10.8 Å². The summed E-state index contributed by atoms with van der Waals surface area (Å²) in [6.07, 6.45) is 24.8. The highest BCUT2D eigenvalue weighted by atomic mass is 32.2. The fourth-order valence-corrected chi connectivity index (χ4v) is 15.1. The minimum Gasteiger partial charge on any atom is -0.477 e. The van der Waals surface area contributed by atoms with Gasteiger partial charge < -0.3 is 15.0 Å². The van der Waals surface area contributed by atoms with Gasteiger partial charge in [0.25, 0.3) is 0 Å². The van der Waals surface area contributed by atoms with Crippen molar-refractivity contribution in [3.63, 3.8) is 0 Å². The second kappa shape index (κ2) is 13.5. The van der Waals surface area contributed by atoms with E-state index in [1.165, 1.54) is 77.0 Å². The monoisotopic (exact) mass is 687 g/mol. The topological polar surface area (TPSA) is 54.5 Å². The van der Waals surface area contributed by atoms with Crippen LogP contribution in [-0.2, 0) is 10.8 Å². The average Bonchev–Trinajstić information content (AvgIpc) is 3.53. The zero-order valence-corrected chi connectivity index (χ0v) is 32.0. The Morgan fingerprint density at radius 3 is 2.55 bits per heavy atom. The van der Waals surface area contributed by atoms with Gasteiger partial charge in [0.1, 0.15) is 0 Å². The predicted octanol–water partition coefficient (Wildman–Crippen LogP) is 8.59. The Morgan fingerprint density at radius 2 is 1.78 bits per heavy atom. The van der Waals surface area contributed by atoms with E-state index in [-0.39, 0.29) is 5.41 Å². The van der Waals surface area contributed by atoms with E-state index >= 15 is 0 Å². The quantitative estimate of drug-likeness (QED) is 0.297. The number of ether oxygens (including phenoxy) is 1. The maximum atomic E-state index is 11.9. The lowest BCUT2D eigenvalue weighted by molar-refractivity contribution is -0.175. The van der Waals surface area contributed by atoms with Crippen molar-refractivity contribution in [2.45, 2.75) is 117 Å². The summed E-state index contributed by atoms with van der Waals surface area (Å²) < 4.78 is 17.9. The number of pyridine rings is 1. The van der Waals surface area contributed by atoms with Crippen LogP contribution in [0.5, 0.6) is 5.88 Å². The molecule has 0 aromatic carbocycles. The average molecular weight is 688 g/mol. The molecule has 49 heavy (non-hydrogen) atoms. The largest absolute Gasteiger partial charge is 0.477 e. The number of hydrogen-bond donors (Lipinski definition) is 1. The van der Waals surface area contributed by atoms with Crippen molar-refractivity contribution in [1.82, 2.24) is 15.2 Å². The highest BCUT2D eigenvalue weighted by Crippen LogP contribution is 2.72. The third-order valence-electron chi connectivity index (χ3n) is 16.2. The molecule has 8 unspecified atom stereocenters. The molecule has 1 saturated heterocycles. The zero-order chi connectivity index (χ0) is 33.9. The number of nitrogens with zero attached hydrogens (tertiary/aromatic N) is 2. The van der Waals surface area contributed by atoms with Gasteiger partial charge in [-0.2, -0.15) is 0 Å². The third kappa shape index (κ3) is 6.14. The van der Waals surface area contributed by atoms with Crippen LogP contribution >= 0.6 is 0 Å². The molecule has 1 N–H and O–H groups in total. The number of nitrogens with one attached hydrogen (secondary N) is 1. The molecule has 1 aromatic heterocycles. The van der Waals surface area contributed by atoms with E-state index in [0.717, 1.165) is 86.2 Å². The minimum atomic E-state index is -0.583. The van der Waals surface area contributed by atoms with Crippen molar-refractivity contribution in [3.8, 4) is 5.88 Å².